The van der Waals surface area contributed by atoms with E-state index < -0.39 is 16.5 Å². The van der Waals surface area contributed by atoms with Crippen LogP contribution in [0, 0.1) is 0 Å². The van der Waals surface area contributed by atoms with Gasteiger partial charge in [-0.3, -0.25) is 0 Å². The summed E-state index contributed by atoms with van der Waals surface area (Å²) >= 11 is 0. The molecule has 0 atom stereocenters. The van der Waals surface area contributed by atoms with Gasteiger partial charge >= 0.3 is 0 Å². The molecule has 0 aliphatic carbocycles. The van der Waals surface area contributed by atoms with Crippen LogP contribution < -0.4 is 0 Å². The molecule has 0 N–H and O–H groups in total. The fourth-order valence-electron chi connectivity index (χ4n) is 4.19. The fourth-order valence-corrected chi connectivity index (χ4v) is 18.7. The highest BCUT2D eigenvalue weighted by Crippen LogP contribution is 2.42. The highest BCUT2D eigenvalue weighted by Gasteiger charge is 2.49. The van der Waals surface area contributed by atoms with Gasteiger partial charge in [-0.2, -0.15) is 0 Å². The van der Waals surface area contributed by atoms with Crippen molar-refractivity contribution in [1.29, 1.82) is 0 Å². The minimum absolute atomic E-state index is 1.06. The average Bonchev–Trinajstić information content (AvgIpc) is 2.40. The van der Waals surface area contributed by atoms with Crippen LogP contribution in [0.15, 0.2) is 0 Å². The maximum atomic E-state index is 3.20. The van der Waals surface area contributed by atoms with Gasteiger partial charge in [-0.15, -0.1) is 0 Å². The molecule has 1 nitrogen and oxygen atoms in total. The molecule has 1 rings (SSSR count). The summed E-state index contributed by atoms with van der Waals surface area (Å²) in [5.74, 6) is 0. The molecule has 1 aliphatic heterocycles. The summed E-state index contributed by atoms with van der Waals surface area (Å²) in [7, 11) is -2.13. The molecule has 0 aromatic heterocycles. The predicted molar refractivity (Wildman–Crippen MR) is 84.7 cm³/mol. The van der Waals surface area contributed by atoms with E-state index in [9.17, 15) is 0 Å². The van der Waals surface area contributed by atoms with Crippen LogP contribution >= 0.6 is 0 Å². The summed E-state index contributed by atoms with van der Waals surface area (Å²) in [4.78, 5) is 0. The molecule has 1 fully saturated rings. The second kappa shape index (κ2) is 6.53. The van der Waals surface area contributed by atoms with Crippen LogP contribution in [-0.2, 0) is 0 Å². The molecule has 0 spiro atoms. The van der Waals surface area contributed by atoms with Gasteiger partial charge in [0, 0.05) is 0 Å². The molecule has 0 amide bonds. The van der Waals surface area contributed by atoms with Crippen LogP contribution in [-0.4, -0.2) is 27.2 Å². The van der Waals surface area contributed by atoms with Crippen molar-refractivity contribution >= 4 is 16.5 Å². The lowest BCUT2D eigenvalue weighted by molar-refractivity contribution is 0.542. The third-order valence-corrected chi connectivity index (χ3v) is 18.9. The van der Waals surface area contributed by atoms with E-state index in [1.165, 1.54) is 37.1 Å². The monoisotopic (exact) mass is 271 g/mol. The molecule has 102 valence electrons. The zero-order valence-corrected chi connectivity index (χ0v) is 14.8. The first kappa shape index (κ1) is 15.5. The first-order valence-corrected chi connectivity index (χ1v) is 13.1. The Hall–Kier alpha value is 0.394. The van der Waals surface area contributed by atoms with E-state index in [1.807, 2.05) is 0 Å². The summed E-state index contributed by atoms with van der Waals surface area (Å²) in [5.41, 5.74) is 0. The van der Waals surface area contributed by atoms with Gasteiger partial charge in [0.1, 0.15) is 16.5 Å². The van der Waals surface area contributed by atoms with E-state index in [0.717, 1.165) is 0 Å². The highest BCUT2D eigenvalue weighted by atomic mass is 28.4. The molecule has 0 aromatic carbocycles. The van der Waals surface area contributed by atoms with Crippen LogP contribution in [0.2, 0.25) is 36.3 Å². The molecule has 1 aliphatic rings. The Kier molecular flexibility index (Phi) is 5.93. The quantitative estimate of drug-likeness (QED) is 0.609. The molecule has 0 saturated carbocycles. The standard InChI is InChI=1S/C14H33NSi2/c1-6-12-15-16(7-2,8-3)13-11-14-17(15,9-4)10-5/h6-14H2,1-5H3. The zero-order valence-electron chi connectivity index (χ0n) is 12.8. The van der Waals surface area contributed by atoms with E-state index in [1.54, 1.807) is 18.5 Å². The first-order valence-electron chi connectivity index (χ1n) is 7.92. The summed E-state index contributed by atoms with van der Waals surface area (Å²) < 4.78 is 3.20. The van der Waals surface area contributed by atoms with Gasteiger partial charge in [-0.1, -0.05) is 41.0 Å². The number of hydrogen-bond acceptors (Lipinski definition) is 1. The van der Waals surface area contributed by atoms with Crippen molar-refractivity contribution in [2.75, 3.05) is 6.54 Å². The van der Waals surface area contributed by atoms with Crippen molar-refractivity contribution < 1.29 is 0 Å². The highest BCUT2D eigenvalue weighted by molar-refractivity contribution is 6.93. The van der Waals surface area contributed by atoms with E-state index in [4.69, 9.17) is 0 Å². The Balaban J connectivity index is 3.06. The molecule has 0 radical (unpaired) electrons. The molecule has 17 heavy (non-hydrogen) atoms. The lowest BCUT2D eigenvalue weighted by Gasteiger charge is -2.56. The SMILES string of the molecule is CCCN1[Si](CC)(CC)CCC[Si]1(CC)CC. The van der Waals surface area contributed by atoms with Crippen LogP contribution in [0.1, 0.15) is 47.5 Å². The second-order valence-electron chi connectivity index (χ2n) is 5.87. The maximum Gasteiger partial charge on any atom is 0.121 e. The Morgan fingerprint density at radius 1 is 0.765 bits per heavy atom. The van der Waals surface area contributed by atoms with Gasteiger partial charge in [0.2, 0.25) is 0 Å². The summed E-state index contributed by atoms with van der Waals surface area (Å²) in [5, 5.41) is 0. The Morgan fingerprint density at radius 2 is 1.18 bits per heavy atom. The van der Waals surface area contributed by atoms with Crippen LogP contribution in [0.4, 0.5) is 0 Å². The molecular weight excluding hydrogens is 238 g/mol. The Labute approximate surface area is 111 Å². The molecule has 3 heteroatoms. The van der Waals surface area contributed by atoms with Gasteiger partial charge in [-0.25, -0.2) is 0 Å². The van der Waals surface area contributed by atoms with Crippen molar-refractivity contribution in [3.63, 3.8) is 0 Å². The lowest BCUT2D eigenvalue weighted by atomic mass is 10.5. The normalized spacial score (nSPS) is 23.8. The van der Waals surface area contributed by atoms with Gasteiger partial charge < -0.3 is 4.23 Å². The number of rotatable bonds is 6. The third-order valence-electron chi connectivity index (χ3n) is 5.51. The van der Waals surface area contributed by atoms with Crippen molar-refractivity contribution in [1.82, 2.24) is 4.23 Å². The zero-order chi connectivity index (χ0) is 12.9. The summed E-state index contributed by atoms with van der Waals surface area (Å²) in [6.45, 7) is 13.7. The van der Waals surface area contributed by atoms with Gasteiger partial charge in [0.05, 0.1) is 0 Å². The topological polar surface area (TPSA) is 3.24 Å². The van der Waals surface area contributed by atoms with Crippen LogP contribution in [0.5, 0.6) is 0 Å². The smallest absolute Gasteiger partial charge is 0.121 e. The Bertz CT molecular complexity index is 202. The van der Waals surface area contributed by atoms with E-state index in [-0.39, 0.29) is 0 Å². The van der Waals surface area contributed by atoms with Gasteiger partial charge in [0.15, 0.2) is 0 Å². The minimum atomic E-state index is -1.06. The largest absolute Gasteiger partial charge is 0.345 e. The molecule has 0 bridgehead atoms. The first-order chi connectivity index (χ1) is 8.14. The molecule has 0 aromatic rings. The lowest BCUT2D eigenvalue weighted by Crippen LogP contribution is -2.68. The average molecular weight is 272 g/mol. The summed E-state index contributed by atoms with van der Waals surface area (Å²) in [6.07, 6.45) is 2.92. The van der Waals surface area contributed by atoms with Gasteiger partial charge in [-0.05, 0) is 49.2 Å². The van der Waals surface area contributed by atoms with Crippen LogP contribution in [0.3, 0.4) is 0 Å². The van der Waals surface area contributed by atoms with Crippen molar-refractivity contribution in [2.45, 2.75) is 83.7 Å². The second-order valence-corrected chi connectivity index (χ2v) is 16.1. The van der Waals surface area contributed by atoms with Crippen molar-refractivity contribution in [3.05, 3.63) is 0 Å². The van der Waals surface area contributed by atoms with Crippen LogP contribution in [0.25, 0.3) is 0 Å². The van der Waals surface area contributed by atoms with Crippen molar-refractivity contribution in [3.8, 4) is 0 Å². The Morgan fingerprint density at radius 3 is 1.47 bits per heavy atom. The van der Waals surface area contributed by atoms with E-state index in [2.05, 4.69) is 38.8 Å². The molecule has 1 heterocycles. The number of hydrogen-bond donors (Lipinski definition) is 0. The molecule has 1 saturated heterocycles. The maximum absolute atomic E-state index is 3.20. The van der Waals surface area contributed by atoms with Crippen molar-refractivity contribution in [2.24, 2.45) is 0 Å². The molecule has 0 unspecified atom stereocenters. The van der Waals surface area contributed by atoms with E-state index in [0.29, 0.717) is 0 Å². The molecular formula is C14H33NSi2. The van der Waals surface area contributed by atoms with Gasteiger partial charge in [0.25, 0.3) is 0 Å². The predicted octanol–water partition coefficient (Wildman–Crippen LogP) is 5.07. The van der Waals surface area contributed by atoms with E-state index >= 15 is 0 Å². The minimum Gasteiger partial charge on any atom is -0.345 e. The third kappa shape index (κ3) is 2.71. The number of nitrogens with zero attached hydrogens (tertiary/aromatic N) is 1. The fraction of sp³-hybridized carbons (Fsp3) is 1.00. The summed E-state index contributed by atoms with van der Waals surface area (Å²) in [6, 6.07) is 9.18.